The van der Waals surface area contributed by atoms with Crippen LogP contribution >= 0.6 is 22.6 Å². The van der Waals surface area contributed by atoms with Crippen LogP contribution < -0.4 is 0 Å². The van der Waals surface area contributed by atoms with Gasteiger partial charge in [-0.1, -0.05) is 61.9 Å². The molecule has 7 rings (SSSR count). The van der Waals surface area contributed by atoms with Crippen LogP contribution in [-0.4, -0.2) is 58.9 Å². The number of rotatable bonds is 9. The van der Waals surface area contributed by atoms with E-state index in [1.165, 1.54) is 5.56 Å². The van der Waals surface area contributed by atoms with E-state index in [0.717, 1.165) is 47.4 Å². The first-order valence-electron chi connectivity index (χ1n) is 13.8. The fraction of sp³-hybridized carbons (Fsp3) is 0.500. The van der Waals surface area contributed by atoms with Crippen LogP contribution in [0.1, 0.15) is 56.2 Å². The minimum absolute atomic E-state index is 0.0748. The van der Waals surface area contributed by atoms with Gasteiger partial charge in [0.25, 0.3) is 0 Å². The minimum atomic E-state index is -3.45. The van der Waals surface area contributed by atoms with Crippen molar-refractivity contribution in [2.75, 3.05) is 26.2 Å². The van der Waals surface area contributed by atoms with Crippen molar-refractivity contribution < 1.29 is 13.2 Å². The van der Waals surface area contributed by atoms with Gasteiger partial charge in [0.15, 0.2) is 0 Å². The van der Waals surface area contributed by atoms with Crippen LogP contribution in [0.2, 0.25) is 0 Å². The molecule has 0 spiro atoms. The minimum Gasteiger partial charge on any atom is -0.365 e. The first-order valence-corrected chi connectivity index (χ1v) is 16.4. The Morgan fingerprint density at radius 1 is 0.949 bits per heavy atom. The van der Waals surface area contributed by atoms with Crippen LogP contribution in [0.15, 0.2) is 65.7 Å². The summed E-state index contributed by atoms with van der Waals surface area (Å²) in [5.41, 5.74) is 2.52. The van der Waals surface area contributed by atoms with E-state index in [9.17, 15) is 8.42 Å². The molecule has 0 radical (unpaired) electrons. The quantitative estimate of drug-likeness (QED) is 0.290. The number of hydrogen-bond acceptors (Lipinski definition) is 5. The lowest BCUT2D eigenvalue weighted by Gasteiger charge is -2.75. The summed E-state index contributed by atoms with van der Waals surface area (Å²) in [6.07, 6.45) is 5.40. The number of halogens is 1. The number of piperazine rings is 1. The Labute approximate surface area is 245 Å². The number of hydrogen-bond donors (Lipinski definition) is 0. The molecule has 9 heteroatoms. The van der Waals surface area contributed by atoms with Crippen LogP contribution in [0, 0.1) is 16.5 Å². The molecule has 1 unspecified atom stereocenters. The molecule has 1 atom stereocenters. The number of imidazole rings is 1. The molecular formula is C30H37IN4O3S. The molecule has 3 aliphatic carbocycles. The van der Waals surface area contributed by atoms with Crippen LogP contribution in [-0.2, 0) is 26.9 Å². The van der Waals surface area contributed by atoms with Gasteiger partial charge < -0.3 is 9.30 Å². The summed E-state index contributed by atoms with van der Waals surface area (Å²) in [6, 6.07) is 17.5. The van der Waals surface area contributed by atoms with E-state index in [2.05, 4.69) is 64.2 Å². The highest BCUT2D eigenvalue weighted by atomic mass is 127. The largest absolute Gasteiger partial charge is 0.365 e. The smallest absolute Gasteiger partial charge is 0.243 e. The molecule has 39 heavy (non-hydrogen) atoms. The van der Waals surface area contributed by atoms with Crippen molar-refractivity contribution in [3.05, 3.63) is 81.4 Å². The first-order chi connectivity index (χ1) is 18.6. The highest BCUT2D eigenvalue weighted by Crippen LogP contribution is 2.68. The molecule has 2 bridgehead atoms. The van der Waals surface area contributed by atoms with Crippen LogP contribution in [0.5, 0.6) is 0 Å². The zero-order valence-electron chi connectivity index (χ0n) is 22.9. The summed E-state index contributed by atoms with van der Waals surface area (Å²) >= 11 is 2.32. The molecule has 208 valence electrons. The SMILES string of the molecule is Cc1ccc(S(=O)(=O)N2CCN(C34CC(n5cc(I)nc5C(OCc5ccccc5)C(C)C)(C3)C4)CC2)cc1. The van der Waals surface area contributed by atoms with Gasteiger partial charge in [0.2, 0.25) is 10.0 Å². The lowest BCUT2D eigenvalue weighted by molar-refractivity contribution is -0.213. The Morgan fingerprint density at radius 3 is 2.21 bits per heavy atom. The fourth-order valence-electron chi connectivity index (χ4n) is 6.81. The van der Waals surface area contributed by atoms with Crippen molar-refractivity contribution in [2.45, 2.75) is 68.7 Å². The lowest BCUT2D eigenvalue weighted by atomic mass is 9.43. The molecule has 4 fully saturated rings. The fourth-order valence-corrected chi connectivity index (χ4v) is 8.75. The number of aromatic nitrogens is 2. The molecular weight excluding hydrogens is 623 g/mol. The second-order valence-corrected chi connectivity index (χ2v) is 15.0. The highest BCUT2D eigenvalue weighted by molar-refractivity contribution is 14.1. The van der Waals surface area contributed by atoms with E-state index in [1.807, 2.05) is 37.3 Å². The molecule has 0 N–H and O–H groups in total. The standard InChI is InChI=1S/C30H37IN4O3S/c1-22(2)27(38-18-24-7-5-4-6-8-24)28-32-26(31)17-35(28)30-19-29(20-30,21-30)33-13-15-34(16-14-33)39(36,37)25-11-9-23(3)10-12-25/h4-12,17,22,27H,13-16,18-21H2,1-3H3. The van der Waals surface area contributed by atoms with Crippen molar-refractivity contribution in [3.63, 3.8) is 0 Å². The van der Waals surface area contributed by atoms with Gasteiger partial charge in [-0.05, 0) is 72.4 Å². The van der Waals surface area contributed by atoms with Gasteiger partial charge in [0, 0.05) is 37.9 Å². The molecule has 0 amide bonds. The van der Waals surface area contributed by atoms with E-state index in [0.29, 0.717) is 30.5 Å². The van der Waals surface area contributed by atoms with E-state index in [1.54, 1.807) is 16.4 Å². The number of ether oxygens (including phenoxy) is 1. The third-order valence-corrected chi connectivity index (χ3v) is 11.3. The number of benzene rings is 2. The van der Waals surface area contributed by atoms with Gasteiger partial charge in [0.1, 0.15) is 15.6 Å². The number of aryl methyl sites for hydroxylation is 1. The Morgan fingerprint density at radius 2 is 1.59 bits per heavy atom. The molecule has 1 aliphatic heterocycles. The second kappa shape index (κ2) is 10.2. The Balaban J connectivity index is 1.11. The molecule has 1 aromatic heterocycles. The molecule has 1 saturated heterocycles. The topological polar surface area (TPSA) is 67.7 Å². The maximum absolute atomic E-state index is 13.2. The molecule has 3 aromatic rings. The lowest BCUT2D eigenvalue weighted by Crippen LogP contribution is -2.80. The summed E-state index contributed by atoms with van der Waals surface area (Å²) in [5.74, 6) is 1.34. The van der Waals surface area contributed by atoms with Crippen molar-refractivity contribution in [2.24, 2.45) is 5.92 Å². The van der Waals surface area contributed by atoms with Gasteiger partial charge in [-0.2, -0.15) is 4.31 Å². The van der Waals surface area contributed by atoms with Crippen molar-refractivity contribution >= 4 is 32.6 Å². The van der Waals surface area contributed by atoms with Crippen molar-refractivity contribution in [1.82, 2.24) is 18.8 Å². The van der Waals surface area contributed by atoms with Crippen molar-refractivity contribution in [3.8, 4) is 0 Å². The summed E-state index contributed by atoms with van der Waals surface area (Å²) in [4.78, 5) is 7.90. The van der Waals surface area contributed by atoms with E-state index >= 15 is 0 Å². The third kappa shape index (κ3) is 4.88. The number of sulfonamides is 1. The Bertz CT molecular complexity index is 1410. The predicted molar refractivity (Wildman–Crippen MR) is 160 cm³/mol. The summed E-state index contributed by atoms with van der Waals surface area (Å²) in [6.45, 7) is 9.60. The monoisotopic (exact) mass is 660 g/mol. The number of nitrogens with zero attached hydrogens (tertiary/aromatic N) is 4. The molecule has 2 aromatic carbocycles. The van der Waals surface area contributed by atoms with Gasteiger partial charge in [-0.25, -0.2) is 13.4 Å². The Hall–Kier alpha value is -1.79. The third-order valence-electron chi connectivity index (χ3n) is 8.89. The van der Waals surface area contributed by atoms with Gasteiger partial charge in [-0.3, -0.25) is 4.90 Å². The van der Waals surface area contributed by atoms with Gasteiger partial charge in [0.05, 0.1) is 17.0 Å². The molecule has 7 nitrogen and oxygen atoms in total. The average Bonchev–Trinajstić information content (AvgIpc) is 3.24. The average molecular weight is 661 g/mol. The predicted octanol–water partition coefficient (Wildman–Crippen LogP) is 5.35. The van der Waals surface area contributed by atoms with E-state index in [4.69, 9.17) is 9.72 Å². The maximum Gasteiger partial charge on any atom is 0.243 e. The maximum atomic E-state index is 13.2. The summed E-state index contributed by atoms with van der Waals surface area (Å²) in [7, 11) is -3.45. The second-order valence-electron chi connectivity index (χ2n) is 11.9. The zero-order valence-corrected chi connectivity index (χ0v) is 25.9. The summed E-state index contributed by atoms with van der Waals surface area (Å²) in [5, 5.41) is 0. The van der Waals surface area contributed by atoms with Gasteiger partial charge in [-0.15, -0.1) is 0 Å². The molecule has 4 aliphatic rings. The van der Waals surface area contributed by atoms with Crippen LogP contribution in [0.25, 0.3) is 0 Å². The molecule has 2 heterocycles. The summed E-state index contributed by atoms with van der Waals surface area (Å²) < 4.78 is 37.9. The van der Waals surface area contributed by atoms with Crippen LogP contribution in [0.4, 0.5) is 0 Å². The van der Waals surface area contributed by atoms with Crippen molar-refractivity contribution in [1.29, 1.82) is 0 Å². The van der Waals surface area contributed by atoms with Crippen LogP contribution in [0.3, 0.4) is 0 Å². The Kier molecular flexibility index (Phi) is 7.19. The molecule has 3 saturated carbocycles. The van der Waals surface area contributed by atoms with E-state index in [-0.39, 0.29) is 17.2 Å². The van der Waals surface area contributed by atoms with E-state index < -0.39 is 10.0 Å². The first kappa shape index (κ1) is 27.4. The normalized spacial score (nSPS) is 26.3. The highest BCUT2D eigenvalue weighted by Gasteiger charge is 2.71. The zero-order chi connectivity index (χ0) is 27.4. The van der Waals surface area contributed by atoms with Gasteiger partial charge >= 0.3 is 0 Å².